The molecule has 0 aliphatic carbocycles. The average Bonchev–Trinajstić information content (AvgIpc) is 2.47. The Kier molecular flexibility index (Phi) is 3.70. The Morgan fingerprint density at radius 3 is 2.30 bits per heavy atom. The Balaban J connectivity index is 2.45. The topological polar surface area (TPSA) is 29.1 Å². The molecule has 1 N–H and O–H groups in total. The number of anilines is 1. The second kappa shape index (κ2) is 4.91. The third-order valence-electron chi connectivity index (χ3n) is 4.22. The molecule has 0 fully saturated rings. The summed E-state index contributed by atoms with van der Waals surface area (Å²) < 4.78 is 0. The van der Waals surface area contributed by atoms with Crippen molar-refractivity contribution in [2.45, 2.75) is 65.8 Å². The second-order valence-electron chi connectivity index (χ2n) is 8.04. The number of benzene rings is 1. The molecule has 1 aromatic carbocycles. The van der Waals surface area contributed by atoms with Gasteiger partial charge in [0.2, 0.25) is 0 Å². The van der Waals surface area contributed by atoms with E-state index in [0.29, 0.717) is 12.5 Å². The number of ketones is 1. The minimum absolute atomic E-state index is 0.100. The molecular weight excluding hydrogens is 246 g/mol. The van der Waals surface area contributed by atoms with Crippen molar-refractivity contribution in [2.75, 3.05) is 5.32 Å². The highest BCUT2D eigenvalue weighted by Crippen LogP contribution is 2.34. The largest absolute Gasteiger partial charge is 0.381 e. The number of nitrogens with one attached hydrogen (secondary N) is 1. The molecule has 1 aromatic rings. The molecule has 20 heavy (non-hydrogen) atoms. The summed E-state index contributed by atoms with van der Waals surface area (Å²) in [5, 5.41) is 3.62. The minimum atomic E-state index is 0.100. The quantitative estimate of drug-likeness (QED) is 0.736. The summed E-state index contributed by atoms with van der Waals surface area (Å²) >= 11 is 0. The van der Waals surface area contributed by atoms with E-state index in [1.165, 1.54) is 5.56 Å². The van der Waals surface area contributed by atoms with Crippen LogP contribution in [0.25, 0.3) is 0 Å². The van der Waals surface area contributed by atoms with Crippen LogP contribution in [-0.2, 0) is 5.41 Å². The predicted octanol–water partition coefficient (Wildman–Crippen LogP) is 4.79. The standard InChI is InChI=1S/C18H27NO/c1-17(2,3)12-7-8-13-14(11-12)19-16(18(4,5)6)10-9-15(13)20/h7-8,11,16,19H,9-10H2,1-6H3. The lowest BCUT2D eigenvalue weighted by molar-refractivity contribution is 0.0978. The maximum atomic E-state index is 12.3. The van der Waals surface area contributed by atoms with Crippen LogP contribution in [0.4, 0.5) is 5.69 Å². The fourth-order valence-electron chi connectivity index (χ4n) is 2.69. The maximum absolute atomic E-state index is 12.3. The van der Waals surface area contributed by atoms with Gasteiger partial charge >= 0.3 is 0 Å². The first-order valence-electron chi connectivity index (χ1n) is 7.53. The molecule has 1 unspecified atom stereocenters. The van der Waals surface area contributed by atoms with Gasteiger partial charge in [0.15, 0.2) is 5.78 Å². The molecule has 1 aliphatic rings. The van der Waals surface area contributed by atoms with Crippen molar-refractivity contribution >= 4 is 11.5 Å². The molecule has 1 heterocycles. The third-order valence-corrected chi connectivity index (χ3v) is 4.22. The minimum Gasteiger partial charge on any atom is -0.381 e. The molecule has 1 aliphatic heterocycles. The number of carbonyl (C=O) groups excluding carboxylic acids is 1. The van der Waals surface area contributed by atoms with Gasteiger partial charge in [0.25, 0.3) is 0 Å². The summed E-state index contributed by atoms with van der Waals surface area (Å²) in [6.07, 6.45) is 1.54. The Hall–Kier alpha value is -1.31. The fraction of sp³-hybridized carbons (Fsp3) is 0.611. The fourth-order valence-corrected chi connectivity index (χ4v) is 2.69. The third kappa shape index (κ3) is 3.05. The summed E-state index contributed by atoms with van der Waals surface area (Å²) in [7, 11) is 0. The van der Waals surface area contributed by atoms with Crippen molar-refractivity contribution in [3.8, 4) is 0 Å². The van der Waals surface area contributed by atoms with Crippen LogP contribution in [0, 0.1) is 5.41 Å². The van der Waals surface area contributed by atoms with Gasteiger partial charge in [-0.3, -0.25) is 4.79 Å². The molecule has 0 bridgehead atoms. The summed E-state index contributed by atoms with van der Waals surface area (Å²) in [5.74, 6) is 0.264. The van der Waals surface area contributed by atoms with E-state index < -0.39 is 0 Å². The monoisotopic (exact) mass is 273 g/mol. The molecule has 2 rings (SSSR count). The van der Waals surface area contributed by atoms with E-state index in [2.05, 4.69) is 59.0 Å². The van der Waals surface area contributed by atoms with Crippen molar-refractivity contribution in [2.24, 2.45) is 5.41 Å². The van der Waals surface area contributed by atoms with Gasteiger partial charge in [-0.1, -0.05) is 47.6 Å². The van der Waals surface area contributed by atoms with Crippen molar-refractivity contribution in [1.82, 2.24) is 0 Å². The smallest absolute Gasteiger partial charge is 0.165 e. The molecule has 0 saturated heterocycles. The van der Waals surface area contributed by atoms with Crippen molar-refractivity contribution < 1.29 is 4.79 Å². The van der Waals surface area contributed by atoms with E-state index in [4.69, 9.17) is 0 Å². The molecule has 110 valence electrons. The average molecular weight is 273 g/mol. The zero-order valence-corrected chi connectivity index (χ0v) is 13.6. The summed E-state index contributed by atoms with van der Waals surface area (Å²) in [6.45, 7) is 13.3. The molecule has 0 spiro atoms. The van der Waals surface area contributed by atoms with Crippen LogP contribution in [0.3, 0.4) is 0 Å². The van der Waals surface area contributed by atoms with E-state index in [1.807, 2.05) is 6.07 Å². The van der Waals surface area contributed by atoms with E-state index in [9.17, 15) is 4.79 Å². The Bertz CT molecular complexity index is 517. The number of Topliss-reactive ketones (excluding diaryl/α,β-unsaturated/α-hetero) is 1. The van der Waals surface area contributed by atoms with Crippen LogP contribution < -0.4 is 5.32 Å². The van der Waals surface area contributed by atoms with E-state index in [-0.39, 0.29) is 16.6 Å². The van der Waals surface area contributed by atoms with Crippen LogP contribution in [-0.4, -0.2) is 11.8 Å². The van der Waals surface area contributed by atoms with Gasteiger partial charge in [0.05, 0.1) is 0 Å². The summed E-state index contributed by atoms with van der Waals surface area (Å²) in [5.41, 5.74) is 3.39. The van der Waals surface area contributed by atoms with Gasteiger partial charge in [0.1, 0.15) is 0 Å². The first-order valence-corrected chi connectivity index (χ1v) is 7.53. The normalized spacial score (nSPS) is 20.1. The number of carbonyl (C=O) groups is 1. The molecule has 1 atom stereocenters. The predicted molar refractivity (Wildman–Crippen MR) is 85.6 cm³/mol. The Morgan fingerprint density at radius 2 is 1.75 bits per heavy atom. The molecule has 2 nitrogen and oxygen atoms in total. The van der Waals surface area contributed by atoms with Gasteiger partial charge in [-0.25, -0.2) is 0 Å². The van der Waals surface area contributed by atoms with Crippen LogP contribution in [0.2, 0.25) is 0 Å². The van der Waals surface area contributed by atoms with Crippen molar-refractivity contribution in [3.63, 3.8) is 0 Å². The lowest BCUT2D eigenvalue weighted by Crippen LogP contribution is -2.33. The van der Waals surface area contributed by atoms with Crippen molar-refractivity contribution in [3.05, 3.63) is 29.3 Å². The SMILES string of the molecule is CC(C)(C)c1ccc2c(c1)NC(C(C)(C)C)CCC2=O. The molecule has 0 radical (unpaired) electrons. The lowest BCUT2D eigenvalue weighted by atomic mass is 9.84. The highest BCUT2D eigenvalue weighted by Gasteiger charge is 2.30. The lowest BCUT2D eigenvalue weighted by Gasteiger charge is -2.31. The van der Waals surface area contributed by atoms with Gasteiger partial charge in [0, 0.05) is 23.7 Å². The Morgan fingerprint density at radius 1 is 1.10 bits per heavy atom. The van der Waals surface area contributed by atoms with Gasteiger partial charge in [-0.05, 0) is 34.9 Å². The first kappa shape index (κ1) is 15.1. The molecule has 0 saturated carbocycles. The first-order chi connectivity index (χ1) is 9.09. The second-order valence-corrected chi connectivity index (χ2v) is 8.04. The zero-order chi connectivity index (χ0) is 15.1. The number of hydrogen-bond acceptors (Lipinski definition) is 2. The zero-order valence-electron chi connectivity index (χ0n) is 13.6. The highest BCUT2D eigenvalue weighted by atomic mass is 16.1. The van der Waals surface area contributed by atoms with E-state index in [0.717, 1.165) is 17.7 Å². The van der Waals surface area contributed by atoms with Crippen LogP contribution >= 0.6 is 0 Å². The Labute approximate surface area is 123 Å². The van der Waals surface area contributed by atoms with E-state index >= 15 is 0 Å². The molecular formula is C18H27NO. The van der Waals surface area contributed by atoms with Crippen LogP contribution in [0.15, 0.2) is 18.2 Å². The van der Waals surface area contributed by atoms with Crippen LogP contribution in [0.5, 0.6) is 0 Å². The molecule has 2 heteroatoms. The van der Waals surface area contributed by atoms with Gasteiger partial charge < -0.3 is 5.32 Å². The van der Waals surface area contributed by atoms with E-state index in [1.54, 1.807) is 0 Å². The van der Waals surface area contributed by atoms with Crippen LogP contribution in [0.1, 0.15) is 70.3 Å². The molecule has 0 amide bonds. The van der Waals surface area contributed by atoms with Gasteiger partial charge in [-0.15, -0.1) is 0 Å². The summed E-state index contributed by atoms with van der Waals surface area (Å²) in [6, 6.07) is 6.59. The van der Waals surface area contributed by atoms with Gasteiger partial charge in [-0.2, -0.15) is 0 Å². The number of rotatable bonds is 0. The number of fused-ring (bicyclic) bond motifs is 1. The maximum Gasteiger partial charge on any atom is 0.165 e. The summed E-state index contributed by atoms with van der Waals surface area (Å²) in [4.78, 5) is 12.3. The highest BCUT2D eigenvalue weighted by molar-refractivity contribution is 6.02. The molecule has 0 aromatic heterocycles. The number of hydrogen-bond donors (Lipinski definition) is 1. The van der Waals surface area contributed by atoms with Crippen molar-refractivity contribution in [1.29, 1.82) is 0 Å².